The lowest BCUT2D eigenvalue weighted by Gasteiger charge is -2.65. The van der Waals surface area contributed by atoms with E-state index in [1.165, 1.54) is 31.2 Å². The zero-order valence-electron chi connectivity index (χ0n) is 24.4. The van der Waals surface area contributed by atoms with Gasteiger partial charge in [-0.05, 0) is 61.1 Å². The van der Waals surface area contributed by atoms with Crippen molar-refractivity contribution < 1.29 is 37.0 Å². The first kappa shape index (κ1) is 29.3. The Kier molecular flexibility index (Phi) is 7.11. The summed E-state index contributed by atoms with van der Waals surface area (Å²) in [6.07, 6.45) is 2.22. The van der Waals surface area contributed by atoms with Crippen molar-refractivity contribution in [2.45, 2.75) is 68.0 Å². The van der Waals surface area contributed by atoms with Crippen LogP contribution in [-0.4, -0.2) is 72.7 Å². The van der Waals surface area contributed by atoms with E-state index in [0.29, 0.717) is 49.3 Å². The summed E-state index contributed by atoms with van der Waals surface area (Å²) in [7, 11) is 3.31. The second-order valence-corrected chi connectivity index (χ2v) is 11.9. The normalized spacial score (nSPS) is 29.0. The zero-order valence-corrected chi connectivity index (χ0v) is 24.4. The summed E-state index contributed by atoms with van der Waals surface area (Å²) in [6.45, 7) is 6.80. The van der Waals surface area contributed by atoms with Crippen LogP contribution in [0.3, 0.4) is 0 Å². The SMILES string of the molecule is C=CCN1CC[C@]23c4c5ccc(OC)c4O[C@H]2[C@H](N(C)C(=O)C=Cc2ccc(C(F)(F)F)cc2)CC[C@@]3(OC(C)=O)[C@H]1C5. The minimum Gasteiger partial charge on any atom is -0.493 e. The van der Waals surface area contributed by atoms with Gasteiger partial charge in [0.05, 0.1) is 30.2 Å². The summed E-state index contributed by atoms with van der Waals surface area (Å²) in [5.74, 6) is 0.585. The Morgan fingerprint density at radius 3 is 2.58 bits per heavy atom. The van der Waals surface area contributed by atoms with Gasteiger partial charge in [0, 0.05) is 38.7 Å². The van der Waals surface area contributed by atoms with Crippen molar-refractivity contribution in [2.24, 2.45) is 0 Å². The molecular formula is C33H35F3N2O5. The largest absolute Gasteiger partial charge is 0.493 e. The average molecular weight is 597 g/mol. The van der Waals surface area contributed by atoms with E-state index < -0.39 is 28.9 Å². The number of hydrogen-bond acceptors (Lipinski definition) is 6. The third-order valence-electron chi connectivity index (χ3n) is 9.90. The number of ether oxygens (including phenoxy) is 3. The Morgan fingerprint density at radius 2 is 1.93 bits per heavy atom. The number of likely N-dealkylation sites (N-methyl/N-ethyl adjacent to an activating group) is 1. The van der Waals surface area contributed by atoms with E-state index in [1.54, 1.807) is 19.1 Å². The molecule has 2 aromatic carbocycles. The maximum absolute atomic E-state index is 13.5. The fourth-order valence-electron chi connectivity index (χ4n) is 8.20. The number of alkyl halides is 3. The number of amides is 1. The average Bonchev–Trinajstić information content (AvgIpc) is 3.32. The second-order valence-electron chi connectivity index (χ2n) is 11.9. The topological polar surface area (TPSA) is 68.3 Å². The molecule has 2 aromatic rings. The van der Waals surface area contributed by atoms with E-state index in [0.717, 1.165) is 29.8 Å². The van der Waals surface area contributed by atoms with E-state index in [2.05, 4.69) is 17.5 Å². The first-order valence-electron chi connectivity index (χ1n) is 14.5. The molecule has 6 rings (SSSR count). The van der Waals surface area contributed by atoms with E-state index in [9.17, 15) is 22.8 Å². The van der Waals surface area contributed by atoms with Crippen molar-refractivity contribution in [3.8, 4) is 11.5 Å². The number of nitrogens with zero attached hydrogens (tertiary/aromatic N) is 2. The van der Waals surface area contributed by atoms with Gasteiger partial charge in [-0.2, -0.15) is 13.2 Å². The molecule has 0 N–H and O–H groups in total. The van der Waals surface area contributed by atoms with Gasteiger partial charge in [-0.3, -0.25) is 14.5 Å². The fourth-order valence-corrected chi connectivity index (χ4v) is 8.20. The Bertz CT molecular complexity index is 1490. The van der Waals surface area contributed by atoms with E-state index in [1.807, 2.05) is 12.1 Å². The molecule has 0 radical (unpaired) electrons. The maximum Gasteiger partial charge on any atom is 0.416 e. The van der Waals surface area contributed by atoms with Crippen LogP contribution in [0.5, 0.6) is 11.5 Å². The van der Waals surface area contributed by atoms with Crippen LogP contribution in [0.15, 0.2) is 55.1 Å². The highest BCUT2D eigenvalue weighted by atomic mass is 19.4. The number of esters is 1. The minimum absolute atomic E-state index is 0.0948. The fraction of sp³-hybridized carbons (Fsp3) is 0.455. The molecule has 43 heavy (non-hydrogen) atoms. The van der Waals surface area contributed by atoms with Crippen LogP contribution in [0.2, 0.25) is 0 Å². The molecule has 2 heterocycles. The lowest BCUT2D eigenvalue weighted by molar-refractivity contribution is -0.222. The predicted molar refractivity (Wildman–Crippen MR) is 154 cm³/mol. The molecular weight excluding hydrogens is 561 g/mol. The number of halogens is 3. The summed E-state index contributed by atoms with van der Waals surface area (Å²) in [4.78, 5) is 30.3. The van der Waals surface area contributed by atoms with Crippen molar-refractivity contribution >= 4 is 18.0 Å². The zero-order chi connectivity index (χ0) is 30.7. The van der Waals surface area contributed by atoms with Crippen LogP contribution in [0.4, 0.5) is 13.2 Å². The summed E-state index contributed by atoms with van der Waals surface area (Å²) in [5.41, 5.74) is 0.298. The predicted octanol–water partition coefficient (Wildman–Crippen LogP) is 5.17. The molecule has 7 nitrogen and oxygen atoms in total. The third kappa shape index (κ3) is 4.36. The van der Waals surface area contributed by atoms with E-state index in [4.69, 9.17) is 14.2 Å². The van der Waals surface area contributed by atoms with Gasteiger partial charge in [0.2, 0.25) is 5.91 Å². The molecule has 2 aliphatic heterocycles. The molecule has 0 aromatic heterocycles. The number of benzene rings is 2. The van der Waals surface area contributed by atoms with Crippen LogP contribution in [0.25, 0.3) is 6.08 Å². The molecule has 10 heteroatoms. The van der Waals surface area contributed by atoms with Crippen molar-refractivity contribution in [3.63, 3.8) is 0 Å². The number of carbonyl (C=O) groups excluding carboxylic acids is 2. The summed E-state index contributed by atoms with van der Waals surface area (Å²) in [6, 6.07) is 8.19. The highest BCUT2D eigenvalue weighted by molar-refractivity contribution is 5.92. The molecule has 0 unspecified atom stereocenters. The van der Waals surface area contributed by atoms with Crippen LogP contribution >= 0.6 is 0 Å². The maximum atomic E-state index is 13.5. The van der Waals surface area contributed by atoms with Crippen LogP contribution in [-0.2, 0) is 32.3 Å². The van der Waals surface area contributed by atoms with E-state index in [-0.39, 0.29) is 24.0 Å². The number of rotatable bonds is 7. The number of hydrogen-bond donors (Lipinski definition) is 0. The molecule has 2 bridgehead atoms. The second kappa shape index (κ2) is 10.4. The molecule has 5 atom stereocenters. The molecule has 1 amide bonds. The van der Waals surface area contributed by atoms with Crippen molar-refractivity contribution in [3.05, 3.63) is 77.4 Å². The van der Waals surface area contributed by atoms with Gasteiger partial charge in [-0.25, -0.2) is 0 Å². The summed E-state index contributed by atoms with van der Waals surface area (Å²) >= 11 is 0. The Morgan fingerprint density at radius 1 is 1.19 bits per heavy atom. The summed E-state index contributed by atoms with van der Waals surface area (Å²) < 4.78 is 57.9. The van der Waals surface area contributed by atoms with Gasteiger partial charge in [0.25, 0.3) is 0 Å². The first-order valence-corrected chi connectivity index (χ1v) is 14.5. The molecule has 1 saturated carbocycles. The van der Waals surface area contributed by atoms with Gasteiger partial charge in [0.1, 0.15) is 11.7 Å². The quantitative estimate of drug-likeness (QED) is 0.250. The van der Waals surface area contributed by atoms with Gasteiger partial charge >= 0.3 is 12.1 Å². The molecule has 2 fully saturated rings. The Hall–Kier alpha value is -3.79. The van der Waals surface area contributed by atoms with Crippen molar-refractivity contribution in [1.29, 1.82) is 0 Å². The number of piperidine rings is 1. The molecule has 4 aliphatic rings. The van der Waals surface area contributed by atoms with Gasteiger partial charge in [0.15, 0.2) is 11.5 Å². The monoisotopic (exact) mass is 596 g/mol. The van der Waals surface area contributed by atoms with Crippen LogP contribution in [0, 0.1) is 0 Å². The lowest BCUT2D eigenvalue weighted by atomic mass is 9.48. The molecule has 1 saturated heterocycles. The smallest absolute Gasteiger partial charge is 0.416 e. The van der Waals surface area contributed by atoms with Gasteiger partial charge in [-0.15, -0.1) is 6.58 Å². The number of methoxy groups -OCH3 is 1. The number of likely N-dealkylation sites (tertiary alicyclic amines) is 1. The molecule has 1 spiro atoms. The van der Waals surface area contributed by atoms with Crippen molar-refractivity contribution in [2.75, 3.05) is 27.2 Å². The van der Waals surface area contributed by atoms with E-state index >= 15 is 0 Å². The number of carbonyl (C=O) groups is 2. The van der Waals surface area contributed by atoms with Gasteiger partial charge < -0.3 is 19.1 Å². The first-order chi connectivity index (χ1) is 20.5. The molecule has 228 valence electrons. The standard InChI is InChI=1S/C33H35F3N2O5/c1-5-17-38-18-16-31-28-22-9-12-25(41-4)29(28)42-30(31)24(14-15-32(31,26(38)19-22)43-20(2)39)37(3)27(40)13-8-21-6-10-23(11-7-21)33(34,35)36/h5-13,24,26,30H,1,14-19H2,2-4H3/t24-,26-,30+,31+,32-/m1/s1. The Balaban J connectivity index is 1.38. The van der Waals surface area contributed by atoms with Crippen LogP contribution in [0.1, 0.15) is 48.4 Å². The lowest BCUT2D eigenvalue weighted by Crippen LogP contribution is -2.79. The summed E-state index contributed by atoms with van der Waals surface area (Å²) in [5, 5.41) is 0. The minimum atomic E-state index is -4.43. The Labute approximate surface area is 248 Å². The highest BCUT2D eigenvalue weighted by Crippen LogP contribution is 2.67. The third-order valence-corrected chi connectivity index (χ3v) is 9.90. The van der Waals surface area contributed by atoms with Gasteiger partial charge in [-0.1, -0.05) is 24.3 Å². The van der Waals surface area contributed by atoms with Crippen molar-refractivity contribution in [1.82, 2.24) is 9.80 Å². The van der Waals surface area contributed by atoms with Crippen LogP contribution < -0.4 is 9.47 Å². The molecule has 2 aliphatic carbocycles. The highest BCUT2D eigenvalue weighted by Gasteiger charge is 2.75.